The molecule has 106 valence electrons. The predicted octanol–water partition coefficient (Wildman–Crippen LogP) is 3.08. The second-order valence-electron chi connectivity index (χ2n) is 4.83. The maximum Gasteiger partial charge on any atom is 0.118 e. The molecule has 0 aromatic heterocycles. The Labute approximate surface area is 120 Å². The molecule has 3 heteroatoms. The quantitative estimate of drug-likeness (QED) is 0.848. The minimum absolute atomic E-state index is 0.212. The highest BCUT2D eigenvalue weighted by atomic mass is 16.5. The second-order valence-corrected chi connectivity index (χ2v) is 4.83. The van der Waals surface area contributed by atoms with Crippen molar-refractivity contribution in [3.05, 3.63) is 65.7 Å². The van der Waals surface area contributed by atoms with E-state index >= 15 is 0 Å². The summed E-state index contributed by atoms with van der Waals surface area (Å²) in [5.74, 6) is 0.798. The number of benzene rings is 2. The third-order valence-corrected chi connectivity index (χ3v) is 3.42. The standard InChI is InChI=1S/C17H21NO2/c1-13(14-6-4-3-5-7-14)18-12-17(19)15-8-10-16(20-2)11-9-15/h3-11,13,17-19H,12H2,1-2H3/t13-,17?/m1/s1. The van der Waals surface area contributed by atoms with Gasteiger partial charge in [0.2, 0.25) is 0 Å². The monoisotopic (exact) mass is 271 g/mol. The van der Waals surface area contributed by atoms with Crippen molar-refractivity contribution in [2.45, 2.75) is 19.1 Å². The SMILES string of the molecule is COc1ccc(C(O)CN[C@H](C)c2ccccc2)cc1. The zero-order chi connectivity index (χ0) is 14.4. The van der Waals surface area contributed by atoms with E-state index in [1.54, 1.807) is 7.11 Å². The van der Waals surface area contributed by atoms with Gasteiger partial charge in [-0.2, -0.15) is 0 Å². The lowest BCUT2D eigenvalue weighted by molar-refractivity contribution is 0.170. The molecular formula is C17H21NO2. The normalized spacial score (nSPS) is 13.8. The molecule has 0 spiro atoms. The van der Waals surface area contributed by atoms with Crippen LogP contribution in [0.4, 0.5) is 0 Å². The molecule has 2 aromatic rings. The average molecular weight is 271 g/mol. The zero-order valence-electron chi connectivity index (χ0n) is 11.9. The van der Waals surface area contributed by atoms with E-state index in [9.17, 15) is 5.11 Å². The van der Waals surface area contributed by atoms with Crippen molar-refractivity contribution >= 4 is 0 Å². The topological polar surface area (TPSA) is 41.5 Å². The number of methoxy groups -OCH3 is 1. The van der Waals surface area contributed by atoms with Crippen LogP contribution in [0.1, 0.15) is 30.2 Å². The van der Waals surface area contributed by atoms with Crippen LogP contribution < -0.4 is 10.1 Å². The van der Waals surface area contributed by atoms with Gasteiger partial charge in [0.05, 0.1) is 13.2 Å². The van der Waals surface area contributed by atoms with Gasteiger partial charge in [0.15, 0.2) is 0 Å². The van der Waals surface area contributed by atoms with Gasteiger partial charge in [-0.3, -0.25) is 0 Å². The van der Waals surface area contributed by atoms with E-state index in [0.717, 1.165) is 11.3 Å². The van der Waals surface area contributed by atoms with Gasteiger partial charge in [-0.1, -0.05) is 42.5 Å². The number of hydrogen-bond acceptors (Lipinski definition) is 3. The Kier molecular flexibility index (Phi) is 5.16. The van der Waals surface area contributed by atoms with Crippen LogP contribution in [0.15, 0.2) is 54.6 Å². The summed E-state index contributed by atoms with van der Waals surface area (Å²) in [5, 5.41) is 13.5. The summed E-state index contributed by atoms with van der Waals surface area (Å²) in [6, 6.07) is 17.9. The van der Waals surface area contributed by atoms with Gasteiger partial charge in [0.25, 0.3) is 0 Å². The molecule has 2 N–H and O–H groups in total. The van der Waals surface area contributed by atoms with Crippen molar-refractivity contribution in [2.75, 3.05) is 13.7 Å². The molecule has 0 bridgehead atoms. The summed E-state index contributed by atoms with van der Waals surface area (Å²) in [7, 11) is 1.63. The number of aliphatic hydroxyl groups excluding tert-OH is 1. The van der Waals surface area contributed by atoms with Gasteiger partial charge in [-0.05, 0) is 30.2 Å². The maximum atomic E-state index is 10.2. The highest BCUT2D eigenvalue weighted by Gasteiger charge is 2.10. The van der Waals surface area contributed by atoms with Crippen molar-refractivity contribution in [3.63, 3.8) is 0 Å². The van der Waals surface area contributed by atoms with Crippen molar-refractivity contribution < 1.29 is 9.84 Å². The highest BCUT2D eigenvalue weighted by molar-refractivity contribution is 5.28. The van der Waals surface area contributed by atoms with E-state index < -0.39 is 6.10 Å². The highest BCUT2D eigenvalue weighted by Crippen LogP contribution is 2.18. The number of ether oxygens (including phenoxy) is 1. The molecule has 0 amide bonds. The molecule has 0 radical (unpaired) electrons. The van der Waals surface area contributed by atoms with E-state index in [1.807, 2.05) is 42.5 Å². The smallest absolute Gasteiger partial charge is 0.118 e. The minimum atomic E-state index is -0.521. The maximum absolute atomic E-state index is 10.2. The van der Waals surface area contributed by atoms with Gasteiger partial charge in [0, 0.05) is 12.6 Å². The van der Waals surface area contributed by atoms with Gasteiger partial charge in [-0.25, -0.2) is 0 Å². The van der Waals surface area contributed by atoms with E-state index in [0.29, 0.717) is 6.54 Å². The summed E-state index contributed by atoms with van der Waals surface area (Å²) in [4.78, 5) is 0. The van der Waals surface area contributed by atoms with E-state index in [2.05, 4.69) is 24.4 Å². The third-order valence-electron chi connectivity index (χ3n) is 3.42. The van der Waals surface area contributed by atoms with E-state index in [1.165, 1.54) is 5.56 Å². The third kappa shape index (κ3) is 3.83. The van der Waals surface area contributed by atoms with E-state index in [-0.39, 0.29) is 6.04 Å². The summed E-state index contributed by atoms with van der Waals surface area (Å²) < 4.78 is 5.11. The molecule has 0 aliphatic heterocycles. The Hall–Kier alpha value is -1.84. The van der Waals surface area contributed by atoms with Gasteiger partial charge < -0.3 is 15.2 Å². The number of rotatable bonds is 6. The van der Waals surface area contributed by atoms with Crippen molar-refractivity contribution in [2.24, 2.45) is 0 Å². The first kappa shape index (κ1) is 14.6. The molecule has 0 saturated carbocycles. The van der Waals surface area contributed by atoms with Crippen LogP contribution in [0.25, 0.3) is 0 Å². The van der Waals surface area contributed by atoms with Crippen LogP contribution in [0.3, 0.4) is 0 Å². The first-order valence-electron chi connectivity index (χ1n) is 6.81. The Balaban J connectivity index is 1.89. The largest absolute Gasteiger partial charge is 0.497 e. The fraction of sp³-hybridized carbons (Fsp3) is 0.294. The molecule has 2 atom stereocenters. The number of nitrogens with one attached hydrogen (secondary N) is 1. The molecule has 0 aliphatic carbocycles. The average Bonchev–Trinajstić information content (AvgIpc) is 2.53. The van der Waals surface area contributed by atoms with Crippen molar-refractivity contribution in [3.8, 4) is 5.75 Å². The molecule has 3 nitrogen and oxygen atoms in total. The minimum Gasteiger partial charge on any atom is -0.497 e. The molecule has 20 heavy (non-hydrogen) atoms. The van der Waals surface area contributed by atoms with Crippen LogP contribution >= 0.6 is 0 Å². The van der Waals surface area contributed by atoms with Gasteiger partial charge in [-0.15, -0.1) is 0 Å². The zero-order valence-corrected chi connectivity index (χ0v) is 11.9. The lowest BCUT2D eigenvalue weighted by Crippen LogP contribution is -2.24. The number of hydrogen-bond donors (Lipinski definition) is 2. The molecule has 0 heterocycles. The molecule has 0 saturated heterocycles. The summed E-state index contributed by atoms with van der Waals surface area (Å²) >= 11 is 0. The first-order valence-corrected chi connectivity index (χ1v) is 6.81. The Morgan fingerprint density at radius 3 is 2.25 bits per heavy atom. The van der Waals surface area contributed by atoms with Crippen molar-refractivity contribution in [1.29, 1.82) is 0 Å². The lowest BCUT2D eigenvalue weighted by Gasteiger charge is -2.18. The molecule has 0 aliphatic rings. The van der Waals surface area contributed by atoms with Crippen LogP contribution in [0.5, 0.6) is 5.75 Å². The van der Waals surface area contributed by atoms with Crippen LogP contribution in [0.2, 0.25) is 0 Å². The first-order chi connectivity index (χ1) is 9.70. The fourth-order valence-corrected chi connectivity index (χ4v) is 2.09. The summed E-state index contributed by atoms with van der Waals surface area (Å²) in [6.45, 7) is 2.61. The molecule has 1 unspecified atom stereocenters. The molecular weight excluding hydrogens is 250 g/mol. The second kappa shape index (κ2) is 7.08. The summed E-state index contributed by atoms with van der Waals surface area (Å²) in [6.07, 6.45) is -0.521. The van der Waals surface area contributed by atoms with Crippen LogP contribution in [0, 0.1) is 0 Å². The van der Waals surface area contributed by atoms with Gasteiger partial charge in [0.1, 0.15) is 5.75 Å². The van der Waals surface area contributed by atoms with Crippen LogP contribution in [-0.2, 0) is 0 Å². The Bertz CT molecular complexity index is 510. The van der Waals surface area contributed by atoms with E-state index in [4.69, 9.17) is 4.74 Å². The Morgan fingerprint density at radius 1 is 1.00 bits per heavy atom. The van der Waals surface area contributed by atoms with Gasteiger partial charge >= 0.3 is 0 Å². The summed E-state index contributed by atoms with van der Waals surface area (Å²) in [5.41, 5.74) is 2.10. The Morgan fingerprint density at radius 2 is 1.65 bits per heavy atom. The lowest BCUT2D eigenvalue weighted by atomic mass is 10.1. The van der Waals surface area contributed by atoms with Crippen LogP contribution in [-0.4, -0.2) is 18.8 Å². The molecule has 0 fully saturated rings. The van der Waals surface area contributed by atoms with Crippen molar-refractivity contribution in [1.82, 2.24) is 5.32 Å². The fourth-order valence-electron chi connectivity index (χ4n) is 2.09. The molecule has 2 aromatic carbocycles. The molecule has 2 rings (SSSR count). The predicted molar refractivity (Wildman–Crippen MR) is 80.8 cm³/mol. The number of aliphatic hydroxyl groups is 1.